The summed E-state index contributed by atoms with van der Waals surface area (Å²) in [6.45, 7) is 6.02. The van der Waals surface area contributed by atoms with Crippen LogP contribution in [0.3, 0.4) is 0 Å². The molecule has 0 saturated carbocycles. The molecule has 112 valence electrons. The first-order valence-corrected chi connectivity index (χ1v) is 7.21. The number of halogens is 1. The largest absolute Gasteiger partial charge is 0.477 e. The molecule has 0 bridgehead atoms. The van der Waals surface area contributed by atoms with Gasteiger partial charge in [0.15, 0.2) is 6.10 Å². The lowest BCUT2D eigenvalue weighted by Gasteiger charge is -2.18. The van der Waals surface area contributed by atoms with Crippen molar-refractivity contribution in [2.45, 2.75) is 39.3 Å². The Morgan fingerprint density at radius 2 is 2.10 bits per heavy atom. The van der Waals surface area contributed by atoms with E-state index in [2.05, 4.69) is 5.32 Å². The molecule has 1 rings (SSSR count). The van der Waals surface area contributed by atoms with Crippen LogP contribution in [0.2, 0.25) is 5.02 Å². The zero-order valence-electron chi connectivity index (χ0n) is 12.4. The molecular weight excluding hydrogens is 278 g/mol. The van der Waals surface area contributed by atoms with Crippen molar-refractivity contribution in [1.29, 1.82) is 0 Å². The van der Waals surface area contributed by atoms with Crippen LogP contribution in [0.15, 0.2) is 18.2 Å². The van der Waals surface area contributed by atoms with E-state index >= 15 is 0 Å². The molecule has 0 fully saturated rings. The summed E-state index contributed by atoms with van der Waals surface area (Å²) in [5.74, 6) is 0.136. The third-order valence-electron chi connectivity index (χ3n) is 3.08. The van der Waals surface area contributed by atoms with Crippen molar-refractivity contribution < 1.29 is 14.3 Å². The van der Waals surface area contributed by atoms with Crippen LogP contribution in [0.1, 0.15) is 38.8 Å². The number of hydrogen-bond donors (Lipinski definition) is 1. The summed E-state index contributed by atoms with van der Waals surface area (Å²) in [4.78, 5) is 11.7. The Hall–Kier alpha value is -1.26. The van der Waals surface area contributed by atoms with Gasteiger partial charge in [-0.2, -0.15) is 0 Å². The normalized spacial score (nSPS) is 13.7. The molecule has 1 aromatic rings. The lowest BCUT2D eigenvalue weighted by molar-refractivity contribution is -0.151. The second kappa shape index (κ2) is 8.12. The van der Waals surface area contributed by atoms with E-state index in [1.165, 1.54) is 0 Å². The average Bonchev–Trinajstić information content (AvgIpc) is 2.45. The Balaban J connectivity index is 2.84. The molecule has 0 heterocycles. The molecule has 0 amide bonds. The minimum atomic E-state index is -0.625. The van der Waals surface area contributed by atoms with E-state index in [4.69, 9.17) is 21.1 Å². The quantitative estimate of drug-likeness (QED) is 0.785. The molecule has 5 heteroatoms. The minimum absolute atomic E-state index is 0.202. The lowest BCUT2D eigenvalue weighted by Crippen LogP contribution is -2.28. The molecule has 0 saturated heterocycles. The van der Waals surface area contributed by atoms with Crippen molar-refractivity contribution in [3.05, 3.63) is 28.8 Å². The highest BCUT2D eigenvalue weighted by Crippen LogP contribution is 2.29. The number of ether oxygens (including phenoxy) is 2. The first-order valence-electron chi connectivity index (χ1n) is 6.83. The Morgan fingerprint density at radius 1 is 1.40 bits per heavy atom. The number of carbonyl (C=O) groups excluding carboxylic acids is 1. The second-order valence-electron chi connectivity index (χ2n) is 4.47. The van der Waals surface area contributed by atoms with Crippen molar-refractivity contribution in [3.63, 3.8) is 0 Å². The van der Waals surface area contributed by atoms with Gasteiger partial charge in [0.2, 0.25) is 0 Å². The third-order valence-corrected chi connectivity index (χ3v) is 3.37. The standard InChI is InChI=1S/C15H22ClNO3/c1-5-13(15(18)19-6-2)20-14-8-7-11(9-12(14)16)10(3)17-4/h7-10,13,17H,5-6H2,1-4H3. The van der Waals surface area contributed by atoms with Gasteiger partial charge in [-0.15, -0.1) is 0 Å². The highest BCUT2D eigenvalue weighted by atomic mass is 35.5. The first-order chi connectivity index (χ1) is 9.53. The third kappa shape index (κ3) is 4.39. The molecule has 0 aliphatic heterocycles. The number of carbonyl (C=O) groups is 1. The molecule has 2 unspecified atom stereocenters. The van der Waals surface area contributed by atoms with Crippen molar-refractivity contribution in [3.8, 4) is 5.75 Å². The first kappa shape index (κ1) is 16.8. The molecule has 2 atom stereocenters. The fourth-order valence-electron chi connectivity index (χ4n) is 1.74. The van der Waals surface area contributed by atoms with E-state index in [9.17, 15) is 4.79 Å². The summed E-state index contributed by atoms with van der Waals surface area (Å²) >= 11 is 6.21. The van der Waals surface area contributed by atoms with E-state index in [0.29, 0.717) is 23.8 Å². The van der Waals surface area contributed by atoms with Gasteiger partial charge >= 0.3 is 5.97 Å². The number of nitrogens with one attached hydrogen (secondary N) is 1. The fourth-order valence-corrected chi connectivity index (χ4v) is 1.97. The summed E-state index contributed by atoms with van der Waals surface area (Å²) in [6, 6.07) is 5.76. The summed E-state index contributed by atoms with van der Waals surface area (Å²) in [6.07, 6.45) is -0.0934. The molecule has 0 radical (unpaired) electrons. The van der Waals surface area contributed by atoms with Crippen LogP contribution in [0.4, 0.5) is 0 Å². The van der Waals surface area contributed by atoms with Crippen LogP contribution in [-0.4, -0.2) is 25.7 Å². The van der Waals surface area contributed by atoms with Gasteiger partial charge in [-0.1, -0.05) is 24.6 Å². The maximum Gasteiger partial charge on any atom is 0.347 e. The van der Waals surface area contributed by atoms with Gasteiger partial charge in [0.05, 0.1) is 11.6 Å². The van der Waals surface area contributed by atoms with Gasteiger partial charge in [-0.25, -0.2) is 4.79 Å². The topological polar surface area (TPSA) is 47.6 Å². The Labute approximate surface area is 125 Å². The van der Waals surface area contributed by atoms with Crippen molar-refractivity contribution in [2.75, 3.05) is 13.7 Å². The van der Waals surface area contributed by atoms with Crippen molar-refractivity contribution in [1.82, 2.24) is 5.32 Å². The Bertz CT molecular complexity index is 451. The highest BCUT2D eigenvalue weighted by Gasteiger charge is 2.21. The van der Waals surface area contributed by atoms with Crippen LogP contribution in [-0.2, 0) is 9.53 Å². The van der Waals surface area contributed by atoms with E-state index in [-0.39, 0.29) is 12.0 Å². The summed E-state index contributed by atoms with van der Waals surface area (Å²) < 4.78 is 10.6. The zero-order chi connectivity index (χ0) is 15.1. The van der Waals surface area contributed by atoms with Gasteiger partial charge in [0.1, 0.15) is 5.75 Å². The number of rotatable bonds is 7. The Morgan fingerprint density at radius 3 is 2.60 bits per heavy atom. The maximum atomic E-state index is 11.7. The van der Waals surface area contributed by atoms with Crippen LogP contribution in [0, 0.1) is 0 Å². The Kier molecular flexibility index (Phi) is 6.82. The second-order valence-corrected chi connectivity index (χ2v) is 4.87. The monoisotopic (exact) mass is 299 g/mol. The lowest BCUT2D eigenvalue weighted by atomic mass is 10.1. The van der Waals surface area contributed by atoms with Crippen molar-refractivity contribution >= 4 is 17.6 Å². The van der Waals surface area contributed by atoms with Crippen LogP contribution < -0.4 is 10.1 Å². The molecule has 0 aliphatic carbocycles. The van der Waals surface area contributed by atoms with E-state index in [0.717, 1.165) is 5.56 Å². The van der Waals surface area contributed by atoms with E-state index < -0.39 is 6.10 Å². The van der Waals surface area contributed by atoms with Gasteiger partial charge < -0.3 is 14.8 Å². The van der Waals surface area contributed by atoms with Crippen LogP contribution in [0.25, 0.3) is 0 Å². The number of hydrogen-bond acceptors (Lipinski definition) is 4. The van der Waals surface area contributed by atoms with Crippen LogP contribution >= 0.6 is 11.6 Å². The summed E-state index contributed by atoms with van der Waals surface area (Å²) in [5.41, 5.74) is 1.06. The molecule has 0 aliphatic rings. The smallest absolute Gasteiger partial charge is 0.347 e. The maximum absolute atomic E-state index is 11.7. The van der Waals surface area contributed by atoms with Gasteiger partial charge in [-0.05, 0) is 45.0 Å². The molecule has 4 nitrogen and oxygen atoms in total. The fraction of sp³-hybridized carbons (Fsp3) is 0.533. The molecule has 0 aromatic heterocycles. The molecule has 20 heavy (non-hydrogen) atoms. The molecule has 1 N–H and O–H groups in total. The number of esters is 1. The summed E-state index contributed by atoms with van der Waals surface area (Å²) in [5, 5.41) is 3.63. The molecule has 1 aromatic carbocycles. The molecular formula is C15H22ClNO3. The number of benzene rings is 1. The van der Waals surface area contributed by atoms with E-state index in [1.807, 2.05) is 33.0 Å². The molecule has 0 spiro atoms. The SMILES string of the molecule is CCOC(=O)C(CC)Oc1ccc(C(C)NC)cc1Cl. The summed E-state index contributed by atoms with van der Waals surface area (Å²) in [7, 11) is 1.89. The van der Waals surface area contributed by atoms with Crippen LogP contribution in [0.5, 0.6) is 5.75 Å². The minimum Gasteiger partial charge on any atom is -0.477 e. The predicted molar refractivity (Wildman–Crippen MR) is 80.3 cm³/mol. The zero-order valence-corrected chi connectivity index (χ0v) is 13.2. The highest BCUT2D eigenvalue weighted by molar-refractivity contribution is 6.32. The van der Waals surface area contributed by atoms with E-state index in [1.54, 1.807) is 13.0 Å². The van der Waals surface area contributed by atoms with Gasteiger partial charge in [0.25, 0.3) is 0 Å². The van der Waals surface area contributed by atoms with Crippen molar-refractivity contribution in [2.24, 2.45) is 0 Å². The van der Waals surface area contributed by atoms with Gasteiger partial charge in [0, 0.05) is 6.04 Å². The predicted octanol–water partition coefficient (Wildman–Crippen LogP) is 3.34. The average molecular weight is 300 g/mol. The van der Waals surface area contributed by atoms with Gasteiger partial charge in [-0.3, -0.25) is 0 Å².